The first kappa shape index (κ1) is 13.8. The van der Waals surface area contributed by atoms with Gasteiger partial charge < -0.3 is 10.1 Å². The van der Waals surface area contributed by atoms with Crippen molar-refractivity contribution in [2.75, 3.05) is 6.54 Å². The first-order valence-electron chi connectivity index (χ1n) is 7.00. The van der Waals surface area contributed by atoms with E-state index in [-0.39, 0.29) is 6.10 Å². The Balaban J connectivity index is 2.21. The molecule has 2 rings (SSSR count). The zero-order chi connectivity index (χ0) is 13.7. The third-order valence-corrected chi connectivity index (χ3v) is 3.38. The quantitative estimate of drug-likeness (QED) is 0.862. The van der Waals surface area contributed by atoms with E-state index in [1.165, 1.54) is 0 Å². The number of aromatic nitrogens is 1. The molecule has 19 heavy (non-hydrogen) atoms. The maximum atomic E-state index is 6.11. The molecule has 0 fully saturated rings. The number of hydrogen-bond donors (Lipinski definition) is 1. The highest BCUT2D eigenvalue weighted by molar-refractivity contribution is 5.84. The summed E-state index contributed by atoms with van der Waals surface area (Å²) in [4.78, 5) is 4.42. The van der Waals surface area contributed by atoms with Crippen molar-refractivity contribution in [3.8, 4) is 5.75 Å². The Morgan fingerprint density at radius 1 is 1.21 bits per heavy atom. The van der Waals surface area contributed by atoms with Gasteiger partial charge in [0.15, 0.2) is 0 Å². The monoisotopic (exact) mass is 258 g/mol. The van der Waals surface area contributed by atoms with Crippen molar-refractivity contribution in [3.63, 3.8) is 0 Å². The highest BCUT2D eigenvalue weighted by Gasteiger charge is 2.16. The predicted molar refractivity (Wildman–Crippen MR) is 79.6 cm³/mol. The van der Waals surface area contributed by atoms with E-state index in [4.69, 9.17) is 4.74 Å². The van der Waals surface area contributed by atoms with Gasteiger partial charge in [0.1, 0.15) is 17.4 Å². The molecule has 0 saturated carbocycles. The van der Waals surface area contributed by atoms with Crippen LogP contribution in [0.4, 0.5) is 0 Å². The molecule has 0 amide bonds. The van der Waals surface area contributed by atoms with Crippen LogP contribution in [0.2, 0.25) is 0 Å². The minimum absolute atomic E-state index is 0.123. The zero-order valence-corrected chi connectivity index (χ0v) is 11.9. The van der Waals surface area contributed by atoms with Crippen LogP contribution in [0, 0.1) is 0 Å². The SMILES string of the molecule is CCNC(CC)C(C)Oc1cccc2cccnc12. The fourth-order valence-corrected chi connectivity index (χ4v) is 2.36. The van der Waals surface area contributed by atoms with Gasteiger partial charge in [0.25, 0.3) is 0 Å². The van der Waals surface area contributed by atoms with Gasteiger partial charge in [0.2, 0.25) is 0 Å². The van der Waals surface area contributed by atoms with Crippen molar-refractivity contribution < 1.29 is 4.74 Å². The van der Waals surface area contributed by atoms with Crippen molar-refractivity contribution in [2.45, 2.75) is 39.3 Å². The van der Waals surface area contributed by atoms with Crippen LogP contribution in [0.3, 0.4) is 0 Å². The average Bonchev–Trinajstić information content (AvgIpc) is 2.45. The number of hydrogen-bond acceptors (Lipinski definition) is 3. The smallest absolute Gasteiger partial charge is 0.146 e. The molecule has 102 valence electrons. The molecule has 1 aromatic heterocycles. The van der Waals surface area contributed by atoms with Gasteiger partial charge in [-0.1, -0.05) is 32.0 Å². The molecule has 2 atom stereocenters. The Bertz CT molecular complexity index is 522. The van der Waals surface area contributed by atoms with Crippen LogP contribution in [0.5, 0.6) is 5.75 Å². The van der Waals surface area contributed by atoms with E-state index in [2.05, 4.69) is 43.2 Å². The maximum absolute atomic E-state index is 6.11. The van der Waals surface area contributed by atoms with Gasteiger partial charge in [-0.3, -0.25) is 4.98 Å². The van der Waals surface area contributed by atoms with E-state index in [0.29, 0.717) is 6.04 Å². The molecular formula is C16H22N2O. The minimum Gasteiger partial charge on any atom is -0.487 e. The lowest BCUT2D eigenvalue weighted by Gasteiger charge is -2.24. The van der Waals surface area contributed by atoms with Crippen molar-refractivity contribution in [1.29, 1.82) is 0 Å². The lowest BCUT2D eigenvalue weighted by atomic mass is 10.1. The zero-order valence-electron chi connectivity index (χ0n) is 11.9. The van der Waals surface area contributed by atoms with Crippen LogP contribution in [0.25, 0.3) is 10.9 Å². The highest BCUT2D eigenvalue weighted by atomic mass is 16.5. The van der Waals surface area contributed by atoms with Gasteiger partial charge in [-0.25, -0.2) is 0 Å². The third-order valence-electron chi connectivity index (χ3n) is 3.38. The molecule has 3 nitrogen and oxygen atoms in total. The molecule has 0 spiro atoms. The van der Waals surface area contributed by atoms with E-state index < -0.39 is 0 Å². The molecule has 0 aliphatic heterocycles. The summed E-state index contributed by atoms with van der Waals surface area (Å²) in [7, 11) is 0. The van der Waals surface area contributed by atoms with Crippen molar-refractivity contribution >= 4 is 10.9 Å². The largest absolute Gasteiger partial charge is 0.487 e. The molecule has 3 heteroatoms. The minimum atomic E-state index is 0.123. The molecule has 1 N–H and O–H groups in total. The standard InChI is InChI=1S/C16H22N2O/c1-4-14(17-5-2)12(3)19-15-10-6-8-13-9-7-11-18-16(13)15/h6-12,14,17H,4-5H2,1-3H3. The highest BCUT2D eigenvalue weighted by Crippen LogP contribution is 2.24. The number of nitrogens with zero attached hydrogens (tertiary/aromatic N) is 1. The summed E-state index contributed by atoms with van der Waals surface area (Å²) in [5.74, 6) is 0.863. The maximum Gasteiger partial charge on any atom is 0.146 e. The van der Waals surface area contributed by atoms with E-state index >= 15 is 0 Å². The molecule has 0 aliphatic carbocycles. The van der Waals surface area contributed by atoms with Gasteiger partial charge in [-0.2, -0.15) is 0 Å². The van der Waals surface area contributed by atoms with E-state index in [9.17, 15) is 0 Å². The second-order valence-corrected chi connectivity index (χ2v) is 4.73. The number of fused-ring (bicyclic) bond motifs is 1. The molecule has 0 radical (unpaired) electrons. The first-order chi connectivity index (χ1) is 9.26. The number of para-hydroxylation sites is 1. The third kappa shape index (κ3) is 3.24. The number of likely N-dealkylation sites (N-methyl/N-ethyl adjacent to an activating group) is 1. The van der Waals surface area contributed by atoms with Crippen LogP contribution in [-0.4, -0.2) is 23.7 Å². The van der Waals surface area contributed by atoms with Crippen molar-refractivity contribution in [3.05, 3.63) is 36.5 Å². The Morgan fingerprint density at radius 2 is 2.00 bits per heavy atom. The van der Waals surface area contributed by atoms with Crippen LogP contribution in [0.1, 0.15) is 27.2 Å². The van der Waals surface area contributed by atoms with Crippen LogP contribution in [-0.2, 0) is 0 Å². The van der Waals surface area contributed by atoms with Gasteiger partial charge in [-0.05, 0) is 32.0 Å². The Labute approximate surface area is 115 Å². The number of ether oxygens (including phenoxy) is 1. The van der Waals surface area contributed by atoms with Gasteiger partial charge in [0, 0.05) is 17.6 Å². The first-order valence-corrected chi connectivity index (χ1v) is 7.00. The van der Waals surface area contributed by atoms with Gasteiger partial charge >= 0.3 is 0 Å². The summed E-state index contributed by atoms with van der Waals surface area (Å²) < 4.78 is 6.11. The van der Waals surface area contributed by atoms with E-state index in [0.717, 1.165) is 29.6 Å². The number of nitrogens with one attached hydrogen (secondary N) is 1. The number of rotatable bonds is 6. The lowest BCUT2D eigenvalue weighted by Crippen LogP contribution is -2.40. The topological polar surface area (TPSA) is 34.1 Å². The fraction of sp³-hybridized carbons (Fsp3) is 0.438. The fourth-order valence-electron chi connectivity index (χ4n) is 2.36. The summed E-state index contributed by atoms with van der Waals surface area (Å²) >= 11 is 0. The molecular weight excluding hydrogens is 236 g/mol. The van der Waals surface area contributed by atoms with E-state index in [1.807, 2.05) is 24.4 Å². The van der Waals surface area contributed by atoms with Crippen molar-refractivity contribution in [2.24, 2.45) is 0 Å². The molecule has 2 unspecified atom stereocenters. The second kappa shape index (κ2) is 6.53. The normalized spacial score (nSPS) is 14.3. The summed E-state index contributed by atoms with van der Waals surface area (Å²) in [5, 5.41) is 4.57. The summed E-state index contributed by atoms with van der Waals surface area (Å²) in [6.45, 7) is 7.36. The summed E-state index contributed by atoms with van der Waals surface area (Å²) in [6.07, 6.45) is 2.98. The van der Waals surface area contributed by atoms with Crippen LogP contribution >= 0.6 is 0 Å². The molecule has 0 bridgehead atoms. The van der Waals surface area contributed by atoms with E-state index in [1.54, 1.807) is 0 Å². The summed E-state index contributed by atoms with van der Waals surface area (Å²) in [6, 6.07) is 10.4. The second-order valence-electron chi connectivity index (χ2n) is 4.73. The molecule has 1 heterocycles. The molecule has 0 saturated heterocycles. The van der Waals surface area contributed by atoms with Crippen LogP contribution in [0.15, 0.2) is 36.5 Å². The van der Waals surface area contributed by atoms with Gasteiger partial charge in [0.05, 0.1) is 0 Å². The summed E-state index contributed by atoms with van der Waals surface area (Å²) in [5.41, 5.74) is 0.934. The Kier molecular flexibility index (Phi) is 4.74. The lowest BCUT2D eigenvalue weighted by molar-refractivity contribution is 0.170. The van der Waals surface area contributed by atoms with Crippen molar-refractivity contribution in [1.82, 2.24) is 10.3 Å². The number of pyridine rings is 1. The average molecular weight is 258 g/mol. The molecule has 2 aromatic rings. The van der Waals surface area contributed by atoms with Crippen LogP contribution < -0.4 is 10.1 Å². The Hall–Kier alpha value is -1.61. The van der Waals surface area contributed by atoms with Gasteiger partial charge in [-0.15, -0.1) is 0 Å². The molecule has 1 aromatic carbocycles. The Morgan fingerprint density at radius 3 is 2.74 bits per heavy atom. The number of benzene rings is 1. The molecule has 0 aliphatic rings. The predicted octanol–water partition coefficient (Wildman–Crippen LogP) is 3.39.